The number of nitrogens with one attached hydrogen (secondary N) is 1. The predicted molar refractivity (Wildman–Crippen MR) is 71.9 cm³/mol. The maximum atomic E-state index is 3.31. The Balaban J connectivity index is 2.01. The summed E-state index contributed by atoms with van der Waals surface area (Å²) in [5, 5.41) is 3.31. The van der Waals surface area contributed by atoms with Crippen LogP contribution in [-0.4, -0.2) is 37.6 Å². The smallest absolute Gasteiger partial charge is 0.00357 e. The lowest BCUT2D eigenvalue weighted by atomic mass is 10.1. The van der Waals surface area contributed by atoms with Gasteiger partial charge in [0.25, 0.3) is 0 Å². The molecule has 1 N–H and O–H groups in total. The highest BCUT2D eigenvalue weighted by Gasteiger charge is 2.07. The minimum atomic E-state index is 0.687. The van der Waals surface area contributed by atoms with Crippen LogP contribution in [0.2, 0.25) is 0 Å². The summed E-state index contributed by atoms with van der Waals surface area (Å²) in [7, 11) is 2.06. The van der Waals surface area contributed by atoms with Crippen molar-refractivity contribution in [2.45, 2.75) is 64.3 Å². The quantitative estimate of drug-likeness (QED) is 0.700. The second kappa shape index (κ2) is 9.00. The van der Waals surface area contributed by atoms with Crippen LogP contribution in [0.1, 0.15) is 58.3 Å². The van der Waals surface area contributed by atoms with Crippen molar-refractivity contribution in [2.75, 3.05) is 26.7 Å². The van der Waals surface area contributed by atoms with Crippen LogP contribution < -0.4 is 5.32 Å². The molecule has 1 atom stereocenters. The van der Waals surface area contributed by atoms with E-state index in [0.29, 0.717) is 6.04 Å². The topological polar surface area (TPSA) is 15.3 Å². The standard InChI is InChI=1S/C14H30N2/c1-14(15-2)10-6-9-13-16-11-7-4-3-5-8-12-16/h14-15H,3-13H2,1-2H3. The van der Waals surface area contributed by atoms with E-state index in [4.69, 9.17) is 0 Å². The summed E-state index contributed by atoms with van der Waals surface area (Å²) in [6, 6.07) is 0.687. The molecule has 1 aliphatic heterocycles. The fraction of sp³-hybridized carbons (Fsp3) is 1.00. The van der Waals surface area contributed by atoms with Gasteiger partial charge >= 0.3 is 0 Å². The second-order valence-electron chi connectivity index (χ2n) is 5.29. The van der Waals surface area contributed by atoms with Crippen LogP contribution >= 0.6 is 0 Å². The number of unbranched alkanes of at least 4 members (excludes halogenated alkanes) is 1. The molecule has 0 radical (unpaired) electrons. The zero-order valence-electron chi connectivity index (χ0n) is 11.3. The molecule has 0 aromatic carbocycles. The maximum absolute atomic E-state index is 3.31. The summed E-state index contributed by atoms with van der Waals surface area (Å²) in [6.07, 6.45) is 11.3. The van der Waals surface area contributed by atoms with Gasteiger partial charge in [0.1, 0.15) is 0 Å². The van der Waals surface area contributed by atoms with Crippen LogP contribution in [0.15, 0.2) is 0 Å². The summed E-state index contributed by atoms with van der Waals surface area (Å²) in [4.78, 5) is 2.68. The van der Waals surface area contributed by atoms with Crippen molar-refractivity contribution in [1.82, 2.24) is 10.2 Å². The second-order valence-corrected chi connectivity index (χ2v) is 5.29. The Bertz CT molecular complexity index is 151. The first-order chi connectivity index (χ1) is 7.83. The van der Waals surface area contributed by atoms with E-state index in [2.05, 4.69) is 24.2 Å². The predicted octanol–water partition coefficient (Wildman–Crippen LogP) is 3.03. The average Bonchev–Trinajstić information content (AvgIpc) is 2.26. The van der Waals surface area contributed by atoms with Crippen molar-refractivity contribution in [3.8, 4) is 0 Å². The molecule has 1 unspecified atom stereocenters. The van der Waals surface area contributed by atoms with Gasteiger partial charge in [0.05, 0.1) is 0 Å². The molecular weight excluding hydrogens is 196 g/mol. The minimum Gasteiger partial charge on any atom is -0.317 e. The Hall–Kier alpha value is -0.0800. The first-order valence-corrected chi connectivity index (χ1v) is 7.22. The fourth-order valence-corrected chi connectivity index (χ4v) is 2.47. The van der Waals surface area contributed by atoms with Gasteiger partial charge in [0, 0.05) is 6.04 Å². The molecule has 0 spiro atoms. The monoisotopic (exact) mass is 226 g/mol. The average molecular weight is 226 g/mol. The van der Waals surface area contributed by atoms with E-state index in [-0.39, 0.29) is 0 Å². The van der Waals surface area contributed by atoms with Crippen LogP contribution in [0.3, 0.4) is 0 Å². The Morgan fingerprint density at radius 2 is 1.62 bits per heavy atom. The first-order valence-electron chi connectivity index (χ1n) is 7.22. The van der Waals surface area contributed by atoms with E-state index < -0.39 is 0 Å². The third-order valence-corrected chi connectivity index (χ3v) is 3.80. The Morgan fingerprint density at radius 3 is 2.25 bits per heavy atom. The Labute approximate surface area is 102 Å². The minimum absolute atomic E-state index is 0.687. The van der Waals surface area contributed by atoms with Gasteiger partial charge in [-0.3, -0.25) is 0 Å². The van der Waals surface area contributed by atoms with Gasteiger partial charge in [-0.1, -0.05) is 25.7 Å². The lowest BCUT2D eigenvalue weighted by Crippen LogP contribution is -2.28. The van der Waals surface area contributed by atoms with Gasteiger partial charge in [-0.2, -0.15) is 0 Å². The fourth-order valence-electron chi connectivity index (χ4n) is 2.47. The van der Waals surface area contributed by atoms with Crippen LogP contribution in [0.4, 0.5) is 0 Å². The molecule has 2 nitrogen and oxygen atoms in total. The van der Waals surface area contributed by atoms with Crippen LogP contribution in [0, 0.1) is 0 Å². The highest BCUT2D eigenvalue weighted by molar-refractivity contribution is 4.64. The number of nitrogens with zero attached hydrogens (tertiary/aromatic N) is 1. The molecule has 0 saturated carbocycles. The van der Waals surface area contributed by atoms with E-state index in [1.54, 1.807) is 0 Å². The molecule has 1 fully saturated rings. The molecular formula is C14H30N2. The highest BCUT2D eigenvalue weighted by Crippen LogP contribution is 2.11. The van der Waals surface area contributed by atoms with Gasteiger partial charge in [0.15, 0.2) is 0 Å². The molecule has 0 amide bonds. The van der Waals surface area contributed by atoms with E-state index in [1.807, 2.05) is 0 Å². The summed E-state index contributed by atoms with van der Waals surface area (Å²) in [6.45, 7) is 6.30. The molecule has 1 heterocycles. The van der Waals surface area contributed by atoms with Gasteiger partial charge < -0.3 is 10.2 Å². The third-order valence-electron chi connectivity index (χ3n) is 3.80. The summed E-state index contributed by atoms with van der Waals surface area (Å²) >= 11 is 0. The van der Waals surface area contributed by atoms with E-state index in [0.717, 1.165) is 0 Å². The van der Waals surface area contributed by atoms with Crippen LogP contribution in [-0.2, 0) is 0 Å². The molecule has 2 heteroatoms. The highest BCUT2D eigenvalue weighted by atomic mass is 15.1. The molecule has 96 valence electrons. The largest absolute Gasteiger partial charge is 0.317 e. The summed E-state index contributed by atoms with van der Waals surface area (Å²) < 4.78 is 0. The normalized spacial score (nSPS) is 21.4. The van der Waals surface area contributed by atoms with Crippen molar-refractivity contribution < 1.29 is 0 Å². The first kappa shape index (κ1) is 14.0. The van der Waals surface area contributed by atoms with Crippen LogP contribution in [0.25, 0.3) is 0 Å². The summed E-state index contributed by atoms with van der Waals surface area (Å²) in [5.74, 6) is 0. The zero-order valence-corrected chi connectivity index (χ0v) is 11.3. The van der Waals surface area contributed by atoms with Gasteiger partial charge in [0.2, 0.25) is 0 Å². The molecule has 16 heavy (non-hydrogen) atoms. The molecule has 0 aliphatic carbocycles. The van der Waals surface area contributed by atoms with Crippen molar-refractivity contribution in [1.29, 1.82) is 0 Å². The maximum Gasteiger partial charge on any atom is 0.00357 e. The lowest BCUT2D eigenvalue weighted by molar-refractivity contribution is 0.241. The van der Waals surface area contributed by atoms with Crippen LogP contribution in [0.5, 0.6) is 0 Å². The molecule has 0 aromatic rings. The number of hydrogen-bond donors (Lipinski definition) is 1. The molecule has 0 aromatic heterocycles. The number of likely N-dealkylation sites (tertiary alicyclic amines) is 1. The summed E-state index contributed by atoms with van der Waals surface area (Å²) in [5.41, 5.74) is 0. The SMILES string of the molecule is CNC(C)CCCCN1CCCCCCC1. The zero-order chi connectivity index (χ0) is 11.6. The Kier molecular flexibility index (Phi) is 7.87. The third kappa shape index (κ3) is 6.49. The molecule has 1 aliphatic rings. The van der Waals surface area contributed by atoms with Gasteiger partial charge in [-0.25, -0.2) is 0 Å². The Morgan fingerprint density at radius 1 is 1.00 bits per heavy atom. The van der Waals surface area contributed by atoms with Crippen molar-refractivity contribution in [3.05, 3.63) is 0 Å². The van der Waals surface area contributed by atoms with Crippen molar-refractivity contribution >= 4 is 0 Å². The van der Waals surface area contributed by atoms with E-state index in [1.165, 1.54) is 71.0 Å². The van der Waals surface area contributed by atoms with Gasteiger partial charge in [-0.05, 0) is 59.3 Å². The van der Waals surface area contributed by atoms with Crippen molar-refractivity contribution in [2.24, 2.45) is 0 Å². The molecule has 0 bridgehead atoms. The van der Waals surface area contributed by atoms with Gasteiger partial charge in [-0.15, -0.1) is 0 Å². The number of hydrogen-bond acceptors (Lipinski definition) is 2. The number of rotatable bonds is 6. The lowest BCUT2D eigenvalue weighted by Gasteiger charge is -2.24. The van der Waals surface area contributed by atoms with E-state index >= 15 is 0 Å². The molecule has 1 saturated heterocycles. The molecule has 1 rings (SSSR count). The van der Waals surface area contributed by atoms with E-state index in [9.17, 15) is 0 Å². The van der Waals surface area contributed by atoms with Crippen molar-refractivity contribution in [3.63, 3.8) is 0 Å².